The van der Waals surface area contributed by atoms with Gasteiger partial charge >= 0.3 is 0 Å². The summed E-state index contributed by atoms with van der Waals surface area (Å²) in [7, 11) is 0. The van der Waals surface area contributed by atoms with E-state index in [0.29, 0.717) is 19.3 Å². The van der Waals surface area contributed by atoms with Crippen molar-refractivity contribution in [1.82, 2.24) is 5.32 Å². The lowest BCUT2D eigenvalue weighted by Crippen LogP contribution is -2.65. The van der Waals surface area contributed by atoms with Crippen molar-refractivity contribution in [2.45, 2.75) is 242 Å². The maximum atomic E-state index is 12.8. The van der Waals surface area contributed by atoms with E-state index >= 15 is 0 Å². The van der Waals surface area contributed by atoms with Crippen LogP contribution >= 0.6 is 0 Å². The second-order valence-electron chi connectivity index (χ2n) is 16.2. The molecule has 0 radical (unpaired) electrons. The van der Waals surface area contributed by atoms with Gasteiger partial charge in [-0.1, -0.05) is 149 Å². The van der Waals surface area contributed by atoms with Crippen molar-refractivity contribution in [2.24, 2.45) is 0 Å². The quantitative estimate of drug-likeness (QED) is 0.0430. The Morgan fingerprint density at radius 2 is 1.02 bits per heavy atom. The Morgan fingerprint density at radius 1 is 0.571 bits per heavy atom. The number of hydrogen-bond donors (Lipinski definition) is 9. The molecule has 12 unspecified atom stereocenters. The molecule has 0 aliphatic carbocycles. The van der Waals surface area contributed by atoms with Gasteiger partial charge in [0, 0.05) is 6.42 Å². The van der Waals surface area contributed by atoms with Crippen LogP contribution in [0.1, 0.15) is 168 Å². The summed E-state index contributed by atoms with van der Waals surface area (Å²) >= 11 is 0. The zero-order valence-corrected chi connectivity index (χ0v) is 34.6. The molecule has 0 saturated carbocycles. The Hall–Kier alpha value is -1.01. The summed E-state index contributed by atoms with van der Waals surface area (Å²) in [6.07, 6.45) is 10.5. The molecule has 2 rings (SSSR count). The average molecular weight is 808 g/mol. The van der Waals surface area contributed by atoms with Gasteiger partial charge in [-0.2, -0.15) is 0 Å². The minimum absolute atomic E-state index is 0.224. The van der Waals surface area contributed by atoms with Crippen LogP contribution in [0.5, 0.6) is 0 Å². The summed E-state index contributed by atoms with van der Waals surface area (Å²) in [6, 6.07) is -0.817. The van der Waals surface area contributed by atoms with Crippen LogP contribution in [0.15, 0.2) is 0 Å². The summed E-state index contributed by atoms with van der Waals surface area (Å²) in [5, 5.41) is 86.1. The minimum atomic E-state index is -1.78. The van der Waals surface area contributed by atoms with Gasteiger partial charge in [-0.15, -0.1) is 0 Å². The fraction of sp³-hybridized carbons (Fsp3) is 0.976. The van der Waals surface area contributed by atoms with Crippen LogP contribution in [0, 0.1) is 0 Å². The molecule has 12 atom stereocenters. The van der Waals surface area contributed by atoms with Gasteiger partial charge in [0.15, 0.2) is 12.6 Å². The first-order valence-corrected chi connectivity index (χ1v) is 22.3. The third-order valence-electron chi connectivity index (χ3n) is 11.3. The van der Waals surface area contributed by atoms with Crippen LogP contribution < -0.4 is 5.32 Å². The molecule has 1 amide bonds. The van der Waals surface area contributed by atoms with Crippen molar-refractivity contribution in [3.05, 3.63) is 0 Å². The number of unbranched alkanes of at least 4 members (excludes halogenated alkanes) is 20. The standard InChI is InChI=1S/C42H81NO13/c1-3-5-7-9-10-11-12-13-14-15-16-17-18-19-20-21-22-23-25-31(46)30(43-34(47)26-24-8-6-4-2)29-53-41-39(52)37(50)40(33(28-45)55-41)56-42-38(51)36(49)35(48)32(27-44)54-42/h30-33,35-42,44-46,48-52H,3-29H2,1-2H3,(H,43,47). The van der Waals surface area contributed by atoms with Crippen molar-refractivity contribution in [1.29, 1.82) is 0 Å². The first-order chi connectivity index (χ1) is 27.1. The number of carbonyl (C=O) groups excluding carboxylic acids is 1. The van der Waals surface area contributed by atoms with Gasteiger partial charge in [0.2, 0.25) is 5.91 Å². The highest BCUT2D eigenvalue weighted by molar-refractivity contribution is 5.76. The third kappa shape index (κ3) is 19.4. The second kappa shape index (κ2) is 30.9. The molecule has 0 aromatic rings. The Kier molecular flexibility index (Phi) is 28.3. The van der Waals surface area contributed by atoms with Gasteiger partial charge in [0.1, 0.15) is 48.8 Å². The smallest absolute Gasteiger partial charge is 0.220 e. The SMILES string of the molecule is CCCCCCCCCCCCCCCCCCCCC(O)C(COC1OC(CO)C(OC2OC(CO)C(O)C(O)C2O)C(O)C1O)NC(=O)CCCCCC. The molecule has 9 N–H and O–H groups in total. The van der Waals surface area contributed by atoms with Gasteiger partial charge in [-0.3, -0.25) is 4.79 Å². The topological polar surface area (TPSA) is 228 Å². The summed E-state index contributed by atoms with van der Waals surface area (Å²) in [4.78, 5) is 12.8. The molecule has 2 fully saturated rings. The van der Waals surface area contributed by atoms with Gasteiger partial charge in [-0.25, -0.2) is 0 Å². The van der Waals surface area contributed by atoms with Crippen LogP contribution in [0.25, 0.3) is 0 Å². The van der Waals surface area contributed by atoms with E-state index in [-0.39, 0.29) is 12.5 Å². The summed E-state index contributed by atoms with van der Waals surface area (Å²) in [5.41, 5.74) is 0. The molecule has 2 saturated heterocycles. The molecule has 2 aliphatic heterocycles. The molecule has 332 valence electrons. The Labute approximate surface area is 336 Å². The summed E-state index contributed by atoms with van der Waals surface area (Å²) in [5.74, 6) is -0.224. The Bertz CT molecular complexity index is 962. The number of rotatable bonds is 33. The van der Waals surface area contributed by atoms with Gasteiger partial charge in [0.05, 0.1) is 32.0 Å². The number of aliphatic hydroxyl groups is 8. The van der Waals surface area contributed by atoms with Gasteiger partial charge in [-0.05, 0) is 12.8 Å². The molecule has 0 spiro atoms. The first kappa shape index (κ1) is 51.1. The number of carbonyl (C=O) groups is 1. The second-order valence-corrected chi connectivity index (χ2v) is 16.2. The van der Waals surface area contributed by atoms with E-state index in [9.17, 15) is 45.6 Å². The minimum Gasteiger partial charge on any atom is -0.394 e. The number of amides is 1. The van der Waals surface area contributed by atoms with Crippen LogP contribution in [0.4, 0.5) is 0 Å². The highest BCUT2D eigenvalue weighted by Gasteiger charge is 2.51. The molecule has 0 aromatic carbocycles. The zero-order chi connectivity index (χ0) is 41.1. The molecular weight excluding hydrogens is 726 g/mol. The van der Waals surface area contributed by atoms with E-state index in [2.05, 4.69) is 19.2 Å². The summed E-state index contributed by atoms with van der Waals surface area (Å²) < 4.78 is 22.6. The van der Waals surface area contributed by atoms with Crippen LogP contribution in [-0.4, -0.2) is 140 Å². The predicted octanol–water partition coefficient (Wildman–Crippen LogP) is 3.88. The maximum absolute atomic E-state index is 12.8. The Balaban J connectivity index is 1.78. The number of nitrogens with one attached hydrogen (secondary N) is 1. The molecular formula is C42H81NO13. The number of aliphatic hydroxyl groups excluding tert-OH is 8. The lowest BCUT2D eigenvalue weighted by molar-refractivity contribution is -0.359. The van der Waals surface area contributed by atoms with E-state index in [1.54, 1.807) is 0 Å². The summed E-state index contributed by atoms with van der Waals surface area (Å²) in [6.45, 7) is 2.71. The molecule has 0 aromatic heterocycles. The maximum Gasteiger partial charge on any atom is 0.220 e. The van der Waals surface area contributed by atoms with Gasteiger partial charge in [0.25, 0.3) is 0 Å². The van der Waals surface area contributed by atoms with Gasteiger partial charge < -0.3 is 65.1 Å². The molecule has 2 heterocycles. The molecule has 56 heavy (non-hydrogen) atoms. The fourth-order valence-electron chi connectivity index (χ4n) is 7.59. The van der Waals surface area contributed by atoms with Crippen LogP contribution in [0.2, 0.25) is 0 Å². The van der Waals surface area contributed by atoms with Crippen molar-refractivity contribution >= 4 is 5.91 Å². The van der Waals surface area contributed by atoms with E-state index in [1.807, 2.05) is 0 Å². The fourth-order valence-corrected chi connectivity index (χ4v) is 7.59. The molecule has 14 nitrogen and oxygen atoms in total. The van der Waals surface area contributed by atoms with Crippen molar-refractivity contribution in [2.75, 3.05) is 19.8 Å². The monoisotopic (exact) mass is 808 g/mol. The molecule has 14 heteroatoms. The predicted molar refractivity (Wildman–Crippen MR) is 212 cm³/mol. The Morgan fingerprint density at radius 3 is 1.52 bits per heavy atom. The third-order valence-corrected chi connectivity index (χ3v) is 11.3. The number of hydrogen-bond acceptors (Lipinski definition) is 13. The van der Waals surface area contributed by atoms with Crippen LogP contribution in [0.3, 0.4) is 0 Å². The lowest BCUT2D eigenvalue weighted by Gasteiger charge is -2.46. The normalized spacial score (nSPS) is 29.3. The van der Waals surface area contributed by atoms with Crippen molar-refractivity contribution < 1.29 is 64.6 Å². The lowest BCUT2D eigenvalue weighted by atomic mass is 9.97. The average Bonchev–Trinajstić information content (AvgIpc) is 3.19. The van der Waals surface area contributed by atoms with E-state index in [0.717, 1.165) is 44.9 Å². The molecule has 0 bridgehead atoms. The van der Waals surface area contributed by atoms with Crippen LogP contribution in [-0.2, 0) is 23.7 Å². The zero-order valence-electron chi connectivity index (χ0n) is 34.6. The van der Waals surface area contributed by atoms with E-state index < -0.39 is 86.8 Å². The van der Waals surface area contributed by atoms with E-state index in [1.165, 1.54) is 89.9 Å². The number of ether oxygens (including phenoxy) is 4. The van der Waals surface area contributed by atoms with Crippen molar-refractivity contribution in [3.63, 3.8) is 0 Å². The largest absolute Gasteiger partial charge is 0.394 e. The first-order valence-electron chi connectivity index (χ1n) is 22.3. The highest BCUT2D eigenvalue weighted by Crippen LogP contribution is 2.30. The molecule has 2 aliphatic rings. The van der Waals surface area contributed by atoms with E-state index in [4.69, 9.17) is 18.9 Å². The highest BCUT2D eigenvalue weighted by atomic mass is 16.7. The van der Waals surface area contributed by atoms with Crippen molar-refractivity contribution in [3.8, 4) is 0 Å².